The second-order valence-electron chi connectivity index (χ2n) is 5.93. The lowest BCUT2D eigenvalue weighted by molar-refractivity contribution is 0.382. The van der Waals surface area contributed by atoms with E-state index in [1.165, 1.54) is 10.4 Å². The normalized spacial score (nSPS) is 16.0. The molecule has 25 heavy (non-hydrogen) atoms. The van der Waals surface area contributed by atoms with Gasteiger partial charge in [0, 0.05) is 46.5 Å². The van der Waals surface area contributed by atoms with E-state index >= 15 is 0 Å². The summed E-state index contributed by atoms with van der Waals surface area (Å²) >= 11 is 6.06. The number of sulfonamides is 1. The lowest BCUT2D eigenvalue weighted by Gasteiger charge is -2.34. The zero-order valence-electron chi connectivity index (χ0n) is 14.1. The second-order valence-corrected chi connectivity index (χ2v) is 8.24. The fourth-order valence-corrected chi connectivity index (χ4v) is 4.58. The molecule has 2 heterocycles. The summed E-state index contributed by atoms with van der Waals surface area (Å²) < 4.78 is 27.0. The summed E-state index contributed by atoms with van der Waals surface area (Å²) in [5.41, 5.74) is 0. The first kappa shape index (κ1) is 17.9. The topological polar surface area (TPSA) is 69.6 Å². The van der Waals surface area contributed by atoms with E-state index in [2.05, 4.69) is 9.97 Å². The molecule has 0 radical (unpaired) electrons. The van der Waals surface area contributed by atoms with Crippen molar-refractivity contribution in [1.29, 1.82) is 0 Å². The maximum absolute atomic E-state index is 12.8. The van der Waals surface area contributed by atoms with Crippen LogP contribution in [0.1, 0.15) is 0 Å². The first-order chi connectivity index (χ1) is 11.9. The van der Waals surface area contributed by atoms with Crippen molar-refractivity contribution in [2.24, 2.45) is 0 Å². The molecule has 0 spiro atoms. The number of rotatable bonds is 4. The van der Waals surface area contributed by atoms with Crippen molar-refractivity contribution in [3.05, 3.63) is 41.6 Å². The summed E-state index contributed by atoms with van der Waals surface area (Å²) in [5.74, 6) is 1.43. The first-order valence-corrected chi connectivity index (χ1v) is 9.71. The molecule has 1 saturated heterocycles. The van der Waals surface area contributed by atoms with Gasteiger partial charge in [0.1, 0.15) is 10.7 Å². The third kappa shape index (κ3) is 3.70. The van der Waals surface area contributed by atoms with Gasteiger partial charge in [0.05, 0.1) is 5.02 Å². The smallest absolute Gasteiger partial charge is 0.244 e. The maximum atomic E-state index is 12.8. The standard InChI is InChI=1S/C16H20ClN5O2S/c1-20(2)15-7-8-18-16(19-15)21-9-11-22(12-10-21)25(23,24)14-6-4-3-5-13(14)17/h3-8H,9-12H2,1-2H3. The van der Waals surface area contributed by atoms with Crippen LogP contribution in [0.3, 0.4) is 0 Å². The minimum atomic E-state index is -3.59. The third-order valence-corrected chi connectivity index (χ3v) is 6.46. The zero-order valence-corrected chi connectivity index (χ0v) is 15.7. The van der Waals surface area contributed by atoms with Crippen molar-refractivity contribution in [3.63, 3.8) is 0 Å². The summed E-state index contributed by atoms with van der Waals surface area (Å²) in [4.78, 5) is 12.9. The Morgan fingerprint density at radius 1 is 1.08 bits per heavy atom. The number of anilines is 2. The van der Waals surface area contributed by atoms with Crippen LogP contribution in [0.2, 0.25) is 5.02 Å². The lowest BCUT2D eigenvalue weighted by Crippen LogP contribution is -2.49. The van der Waals surface area contributed by atoms with E-state index < -0.39 is 10.0 Å². The molecule has 1 aromatic heterocycles. The highest BCUT2D eigenvalue weighted by molar-refractivity contribution is 7.89. The van der Waals surface area contributed by atoms with Crippen LogP contribution in [0, 0.1) is 0 Å². The molecule has 1 fully saturated rings. The molecule has 0 amide bonds. The third-order valence-electron chi connectivity index (χ3n) is 4.06. The van der Waals surface area contributed by atoms with E-state index in [4.69, 9.17) is 11.6 Å². The van der Waals surface area contributed by atoms with E-state index in [1.54, 1.807) is 24.4 Å². The SMILES string of the molecule is CN(C)c1ccnc(N2CCN(S(=O)(=O)c3ccccc3Cl)CC2)n1. The first-order valence-electron chi connectivity index (χ1n) is 7.89. The number of benzene rings is 1. The highest BCUT2D eigenvalue weighted by atomic mass is 35.5. The van der Waals surface area contributed by atoms with Gasteiger partial charge in [-0.25, -0.2) is 13.4 Å². The van der Waals surface area contributed by atoms with Crippen molar-refractivity contribution in [2.75, 3.05) is 50.1 Å². The minimum absolute atomic E-state index is 0.149. The predicted molar refractivity (Wildman–Crippen MR) is 98.8 cm³/mol. The molecule has 1 aromatic carbocycles. The van der Waals surface area contributed by atoms with E-state index in [-0.39, 0.29) is 9.92 Å². The van der Waals surface area contributed by atoms with Gasteiger partial charge in [0.25, 0.3) is 0 Å². The molecule has 0 atom stereocenters. The largest absolute Gasteiger partial charge is 0.363 e. The lowest BCUT2D eigenvalue weighted by atomic mass is 10.4. The average molecular weight is 382 g/mol. The van der Waals surface area contributed by atoms with Gasteiger partial charge in [0.15, 0.2) is 0 Å². The molecular formula is C16H20ClN5O2S. The van der Waals surface area contributed by atoms with Crippen LogP contribution >= 0.6 is 11.6 Å². The van der Waals surface area contributed by atoms with Gasteiger partial charge < -0.3 is 9.80 Å². The van der Waals surface area contributed by atoms with Crippen LogP contribution in [0.25, 0.3) is 0 Å². The van der Waals surface area contributed by atoms with E-state index in [1.807, 2.05) is 30.0 Å². The summed E-state index contributed by atoms with van der Waals surface area (Å²) in [7, 11) is 0.240. The molecule has 0 N–H and O–H groups in total. The molecule has 0 bridgehead atoms. The molecule has 3 rings (SSSR count). The molecule has 7 nitrogen and oxygen atoms in total. The highest BCUT2D eigenvalue weighted by Gasteiger charge is 2.30. The molecule has 9 heteroatoms. The Morgan fingerprint density at radius 2 is 1.76 bits per heavy atom. The Labute approximate surface area is 152 Å². The van der Waals surface area contributed by atoms with E-state index in [9.17, 15) is 8.42 Å². The van der Waals surface area contributed by atoms with Crippen molar-refractivity contribution in [2.45, 2.75) is 4.90 Å². The maximum Gasteiger partial charge on any atom is 0.244 e. The van der Waals surface area contributed by atoms with Crippen LogP contribution < -0.4 is 9.80 Å². The summed E-state index contributed by atoms with van der Waals surface area (Å²) in [6, 6.07) is 8.35. The number of hydrogen-bond donors (Lipinski definition) is 0. The van der Waals surface area contributed by atoms with Crippen molar-refractivity contribution in [3.8, 4) is 0 Å². The van der Waals surface area contributed by atoms with E-state index in [0.29, 0.717) is 32.1 Å². The van der Waals surface area contributed by atoms with Crippen molar-refractivity contribution >= 4 is 33.4 Å². The van der Waals surface area contributed by atoms with Crippen LogP contribution in [-0.4, -0.2) is 63.0 Å². The van der Waals surface area contributed by atoms with Gasteiger partial charge in [-0.15, -0.1) is 0 Å². The van der Waals surface area contributed by atoms with E-state index in [0.717, 1.165) is 5.82 Å². The minimum Gasteiger partial charge on any atom is -0.363 e. The molecular weight excluding hydrogens is 362 g/mol. The number of nitrogens with zero attached hydrogens (tertiary/aromatic N) is 5. The van der Waals surface area contributed by atoms with Gasteiger partial charge in [0.2, 0.25) is 16.0 Å². The quantitative estimate of drug-likeness (QED) is 0.803. The molecule has 2 aromatic rings. The van der Waals surface area contributed by atoms with Crippen molar-refractivity contribution < 1.29 is 8.42 Å². The Kier molecular flexibility index (Phi) is 5.12. The Balaban J connectivity index is 1.74. The van der Waals surface area contributed by atoms with Gasteiger partial charge in [-0.2, -0.15) is 9.29 Å². The van der Waals surface area contributed by atoms with Crippen LogP contribution in [-0.2, 0) is 10.0 Å². The number of halogens is 1. The van der Waals surface area contributed by atoms with Crippen LogP contribution in [0.15, 0.2) is 41.4 Å². The van der Waals surface area contributed by atoms with Gasteiger partial charge >= 0.3 is 0 Å². The Bertz CT molecular complexity index is 851. The fraction of sp³-hybridized carbons (Fsp3) is 0.375. The van der Waals surface area contributed by atoms with Crippen LogP contribution in [0.5, 0.6) is 0 Å². The second kappa shape index (κ2) is 7.15. The zero-order chi connectivity index (χ0) is 18.0. The summed E-state index contributed by atoms with van der Waals surface area (Å²) in [5, 5.41) is 0.243. The van der Waals surface area contributed by atoms with Gasteiger partial charge in [-0.1, -0.05) is 23.7 Å². The monoisotopic (exact) mass is 381 g/mol. The molecule has 1 aliphatic heterocycles. The van der Waals surface area contributed by atoms with Crippen molar-refractivity contribution in [1.82, 2.24) is 14.3 Å². The molecule has 0 saturated carbocycles. The molecule has 0 unspecified atom stereocenters. The number of aromatic nitrogens is 2. The Hall–Kier alpha value is -1.90. The number of hydrogen-bond acceptors (Lipinski definition) is 6. The fourth-order valence-electron chi connectivity index (χ4n) is 2.66. The van der Waals surface area contributed by atoms with Gasteiger partial charge in [-0.3, -0.25) is 0 Å². The van der Waals surface area contributed by atoms with Crippen LogP contribution in [0.4, 0.5) is 11.8 Å². The number of piperazine rings is 1. The highest BCUT2D eigenvalue weighted by Crippen LogP contribution is 2.25. The predicted octanol–water partition coefficient (Wildman–Crippen LogP) is 1.71. The molecule has 134 valence electrons. The summed E-state index contributed by atoms with van der Waals surface area (Å²) in [6.07, 6.45) is 1.71. The summed E-state index contributed by atoms with van der Waals surface area (Å²) in [6.45, 7) is 1.79. The molecule has 0 aliphatic carbocycles. The Morgan fingerprint density at radius 3 is 2.40 bits per heavy atom. The molecule has 1 aliphatic rings. The average Bonchev–Trinajstić information content (AvgIpc) is 2.62. The van der Waals surface area contributed by atoms with Gasteiger partial charge in [-0.05, 0) is 18.2 Å².